The van der Waals surface area contributed by atoms with Crippen molar-refractivity contribution in [2.75, 3.05) is 19.6 Å². The Morgan fingerprint density at radius 2 is 2.33 bits per heavy atom. The second-order valence-corrected chi connectivity index (χ2v) is 5.14. The second kappa shape index (κ2) is 6.29. The fourth-order valence-electron chi connectivity index (χ4n) is 2.71. The first-order valence-electron chi connectivity index (χ1n) is 6.95. The molecule has 0 radical (unpaired) electrons. The molecule has 5 heteroatoms. The van der Waals surface area contributed by atoms with Crippen molar-refractivity contribution in [2.45, 2.75) is 52.1 Å². The summed E-state index contributed by atoms with van der Waals surface area (Å²) in [6, 6.07) is 1.32. The molecule has 1 fully saturated rings. The Hall–Kier alpha value is -0.940. The second-order valence-electron chi connectivity index (χ2n) is 5.14. The topological polar surface area (TPSA) is 54.2 Å². The minimum Gasteiger partial charge on any atom is -0.340 e. The van der Waals surface area contributed by atoms with Gasteiger partial charge in [-0.05, 0) is 32.9 Å². The van der Waals surface area contributed by atoms with Gasteiger partial charge in [0, 0.05) is 32.0 Å². The molecule has 102 valence electrons. The van der Waals surface area contributed by atoms with Crippen LogP contribution in [0.4, 0.5) is 0 Å². The molecule has 1 aromatic rings. The van der Waals surface area contributed by atoms with Crippen molar-refractivity contribution in [3.05, 3.63) is 11.7 Å². The maximum absolute atomic E-state index is 4.99. The lowest BCUT2D eigenvalue weighted by Gasteiger charge is -2.37. The average molecular weight is 252 g/mol. The highest BCUT2D eigenvalue weighted by molar-refractivity contribution is 4.88. The molecular weight excluding hydrogens is 228 g/mol. The van der Waals surface area contributed by atoms with Crippen molar-refractivity contribution in [2.24, 2.45) is 0 Å². The van der Waals surface area contributed by atoms with Gasteiger partial charge in [0.1, 0.15) is 0 Å². The van der Waals surface area contributed by atoms with Crippen LogP contribution in [0.2, 0.25) is 0 Å². The van der Waals surface area contributed by atoms with Gasteiger partial charge in [-0.2, -0.15) is 4.98 Å². The summed E-state index contributed by atoms with van der Waals surface area (Å²) in [5, 5.41) is 7.49. The number of aryl methyl sites for hydroxylation is 1. The lowest BCUT2D eigenvalue weighted by molar-refractivity contribution is 0.137. The molecule has 0 bridgehead atoms. The highest BCUT2D eigenvalue weighted by Crippen LogP contribution is 2.17. The molecule has 1 aromatic heterocycles. The molecule has 1 aliphatic rings. The minimum absolute atomic E-state index is 0.635. The summed E-state index contributed by atoms with van der Waals surface area (Å²) in [5.74, 6) is 1.48. The van der Waals surface area contributed by atoms with Gasteiger partial charge >= 0.3 is 0 Å². The van der Waals surface area contributed by atoms with Crippen LogP contribution in [-0.4, -0.2) is 46.8 Å². The Morgan fingerprint density at radius 1 is 1.50 bits per heavy atom. The molecule has 1 N–H and O–H groups in total. The third-order valence-corrected chi connectivity index (χ3v) is 3.70. The number of nitrogens with one attached hydrogen (secondary N) is 1. The summed E-state index contributed by atoms with van der Waals surface area (Å²) in [6.45, 7) is 9.58. The maximum Gasteiger partial charge on any atom is 0.223 e. The SMILES string of the molecule is CCNC1CCN(CCc2noc(C)n2)C(C)C1. The van der Waals surface area contributed by atoms with E-state index in [0.29, 0.717) is 18.0 Å². The molecule has 2 heterocycles. The Bertz CT molecular complexity index is 366. The van der Waals surface area contributed by atoms with E-state index in [1.54, 1.807) is 0 Å². The standard InChI is InChI=1S/C13H24N4O/c1-4-14-12-5-7-17(10(2)9-12)8-6-13-15-11(3)18-16-13/h10,12,14H,4-9H2,1-3H3. The lowest BCUT2D eigenvalue weighted by Crippen LogP contribution is -2.47. The quantitative estimate of drug-likeness (QED) is 0.858. The summed E-state index contributed by atoms with van der Waals surface area (Å²) in [7, 11) is 0. The van der Waals surface area contributed by atoms with Crippen molar-refractivity contribution < 1.29 is 4.52 Å². The molecule has 0 aliphatic carbocycles. The van der Waals surface area contributed by atoms with E-state index in [1.807, 2.05) is 6.92 Å². The zero-order valence-corrected chi connectivity index (χ0v) is 11.6. The molecule has 2 atom stereocenters. The van der Waals surface area contributed by atoms with Gasteiger partial charge in [-0.3, -0.25) is 0 Å². The third-order valence-electron chi connectivity index (χ3n) is 3.70. The normalized spacial score (nSPS) is 25.5. The monoisotopic (exact) mass is 252 g/mol. The molecule has 2 rings (SSSR count). The summed E-state index contributed by atoms with van der Waals surface area (Å²) < 4.78 is 4.99. The summed E-state index contributed by atoms with van der Waals surface area (Å²) >= 11 is 0. The van der Waals surface area contributed by atoms with E-state index in [2.05, 4.69) is 34.2 Å². The van der Waals surface area contributed by atoms with Gasteiger partial charge in [0.05, 0.1) is 0 Å². The molecule has 0 amide bonds. The summed E-state index contributed by atoms with van der Waals surface area (Å²) in [6.07, 6.45) is 3.36. The minimum atomic E-state index is 0.635. The molecular formula is C13H24N4O. The molecule has 0 aromatic carbocycles. The van der Waals surface area contributed by atoms with Crippen molar-refractivity contribution in [1.29, 1.82) is 0 Å². The number of likely N-dealkylation sites (tertiary alicyclic amines) is 1. The van der Waals surface area contributed by atoms with Crippen LogP contribution in [0.3, 0.4) is 0 Å². The van der Waals surface area contributed by atoms with Crippen LogP contribution >= 0.6 is 0 Å². The smallest absolute Gasteiger partial charge is 0.223 e. The highest BCUT2D eigenvalue weighted by Gasteiger charge is 2.24. The van der Waals surface area contributed by atoms with Crippen LogP contribution in [0.1, 0.15) is 38.4 Å². The van der Waals surface area contributed by atoms with Crippen molar-refractivity contribution in [3.63, 3.8) is 0 Å². The Labute approximate surface area is 109 Å². The fourth-order valence-corrected chi connectivity index (χ4v) is 2.71. The molecule has 0 saturated carbocycles. The van der Waals surface area contributed by atoms with Gasteiger partial charge in [-0.15, -0.1) is 0 Å². The zero-order valence-electron chi connectivity index (χ0n) is 11.6. The largest absolute Gasteiger partial charge is 0.340 e. The Balaban J connectivity index is 1.77. The van der Waals surface area contributed by atoms with Gasteiger partial charge in [-0.1, -0.05) is 12.1 Å². The van der Waals surface area contributed by atoms with Crippen molar-refractivity contribution in [3.8, 4) is 0 Å². The van der Waals surface area contributed by atoms with Crippen LogP contribution in [0.25, 0.3) is 0 Å². The molecule has 18 heavy (non-hydrogen) atoms. The summed E-state index contributed by atoms with van der Waals surface area (Å²) in [5.41, 5.74) is 0. The molecule has 2 unspecified atom stereocenters. The van der Waals surface area contributed by atoms with E-state index >= 15 is 0 Å². The Kier molecular flexibility index (Phi) is 4.72. The predicted octanol–water partition coefficient (Wildman–Crippen LogP) is 1.38. The van der Waals surface area contributed by atoms with E-state index < -0.39 is 0 Å². The molecule has 1 aliphatic heterocycles. The number of nitrogens with zero attached hydrogens (tertiary/aromatic N) is 3. The predicted molar refractivity (Wildman–Crippen MR) is 70.5 cm³/mol. The van der Waals surface area contributed by atoms with Gasteiger partial charge in [0.25, 0.3) is 0 Å². The van der Waals surface area contributed by atoms with Crippen LogP contribution in [0.5, 0.6) is 0 Å². The van der Waals surface area contributed by atoms with Crippen LogP contribution in [0.15, 0.2) is 4.52 Å². The number of rotatable bonds is 5. The first kappa shape index (κ1) is 13.5. The van der Waals surface area contributed by atoms with Crippen LogP contribution in [0, 0.1) is 6.92 Å². The average Bonchev–Trinajstić information content (AvgIpc) is 2.74. The maximum atomic E-state index is 4.99. The zero-order chi connectivity index (χ0) is 13.0. The van der Waals surface area contributed by atoms with E-state index in [9.17, 15) is 0 Å². The van der Waals surface area contributed by atoms with Gasteiger partial charge in [0.2, 0.25) is 5.89 Å². The van der Waals surface area contributed by atoms with Crippen molar-refractivity contribution >= 4 is 0 Å². The highest BCUT2D eigenvalue weighted by atomic mass is 16.5. The fraction of sp³-hybridized carbons (Fsp3) is 0.846. The van der Waals surface area contributed by atoms with Crippen LogP contribution < -0.4 is 5.32 Å². The number of aromatic nitrogens is 2. The first-order valence-corrected chi connectivity index (χ1v) is 6.95. The van der Waals surface area contributed by atoms with Gasteiger partial charge < -0.3 is 14.7 Å². The van der Waals surface area contributed by atoms with E-state index in [-0.39, 0.29) is 0 Å². The summed E-state index contributed by atoms with van der Waals surface area (Å²) in [4.78, 5) is 6.78. The first-order chi connectivity index (χ1) is 8.69. The lowest BCUT2D eigenvalue weighted by atomic mass is 9.98. The van der Waals surface area contributed by atoms with E-state index in [1.165, 1.54) is 12.8 Å². The molecule has 1 saturated heterocycles. The number of hydrogen-bond donors (Lipinski definition) is 1. The van der Waals surface area contributed by atoms with E-state index in [0.717, 1.165) is 31.9 Å². The molecule has 0 spiro atoms. The third kappa shape index (κ3) is 3.53. The van der Waals surface area contributed by atoms with Gasteiger partial charge in [0.15, 0.2) is 5.82 Å². The number of hydrogen-bond acceptors (Lipinski definition) is 5. The molecule has 5 nitrogen and oxygen atoms in total. The van der Waals surface area contributed by atoms with Crippen molar-refractivity contribution in [1.82, 2.24) is 20.4 Å². The van der Waals surface area contributed by atoms with E-state index in [4.69, 9.17) is 4.52 Å². The number of piperidine rings is 1. The van der Waals surface area contributed by atoms with Gasteiger partial charge in [-0.25, -0.2) is 0 Å². The van der Waals surface area contributed by atoms with Crippen LogP contribution in [-0.2, 0) is 6.42 Å². The Morgan fingerprint density at radius 3 is 2.94 bits per heavy atom.